The van der Waals surface area contributed by atoms with Crippen LogP contribution in [0.2, 0.25) is 5.02 Å². The van der Waals surface area contributed by atoms with Gasteiger partial charge in [-0.25, -0.2) is 8.42 Å². The van der Waals surface area contributed by atoms with Crippen molar-refractivity contribution in [3.05, 3.63) is 34.3 Å². The highest BCUT2D eigenvalue weighted by Crippen LogP contribution is 2.54. The molecule has 0 aliphatic heterocycles. The van der Waals surface area contributed by atoms with E-state index in [0.29, 0.717) is 24.1 Å². The van der Waals surface area contributed by atoms with Crippen LogP contribution in [0.1, 0.15) is 60.9 Å². The monoisotopic (exact) mass is 477 g/mol. The van der Waals surface area contributed by atoms with Gasteiger partial charge in [-0.3, -0.25) is 4.79 Å². The number of halogens is 4. The van der Waals surface area contributed by atoms with E-state index in [4.69, 9.17) is 11.6 Å². The second-order valence-corrected chi connectivity index (χ2v) is 12.4. The van der Waals surface area contributed by atoms with Gasteiger partial charge in [0.25, 0.3) is 5.91 Å². The highest BCUT2D eigenvalue weighted by molar-refractivity contribution is 7.91. The lowest BCUT2D eigenvalue weighted by Crippen LogP contribution is -2.48. The van der Waals surface area contributed by atoms with Crippen LogP contribution < -0.4 is 5.32 Å². The van der Waals surface area contributed by atoms with Crippen LogP contribution in [0.25, 0.3) is 0 Å². The average molecular weight is 478 g/mol. The molecule has 0 heterocycles. The van der Waals surface area contributed by atoms with Gasteiger partial charge < -0.3 is 5.32 Å². The Balaban J connectivity index is 1.35. The van der Waals surface area contributed by atoms with Crippen LogP contribution >= 0.6 is 11.6 Å². The second-order valence-electron chi connectivity index (χ2n) is 9.82. The molecule has 0 radical (unpaired) electrons. The molecule has 3 saturated carbocycles. The van der Waals surface area contributed by atoms with Crippen LogP contribution in [0.4, 0.5) is 13.2 Å². The molecule has 1 aromatic carbocycles. The molecule has 0 bridgehead atoms. The van der Waals surface area contributed by atoms with Gasteiger partial charge in [0, 0.05) is 6.54 Å². The highest BCUT2D eigenvalue weighted by atomic mass is 35.5. The normalized spacial score (nSPS) is 26.4. The van der Waals surface area contributed by atoms with Gasteiger partial charge in [-0.2, -0.15) is 13.2 Å². The molecule has 1 aromatic rings. The van der Waals surface area contributed by atoms with Crippen molar-refractivity contribution in [3.8, 4) is 0 Å². The van der Waals surface area contributed by atoms with Crippen LogP contribution in [0, 0.1) is 23.2 Å². The third-order valence-corrected chi connectivity index (χ3v) is 8.97. The van der Waals surface area contributed by atoms with Crippen molar-refractivity contribution < 1.29 is 26.4 Å². The minimum atomic E-state index is -4.52. The maximum absolute atomic E-state index is 12.8. The number of amides is 1. The maximum atomic E-state index is 12.8. The Bertz CT molecular complexity index is 949. The number of sulfone groups is 1. The molecule has 4 nitrogen and oxygen atoms in total. The first kappa shape index (κ1) is 22.9. The predicted octanol–water partition coefficient (Wildman–Crippen LogP) is 5.11. The van der Waals surface area contributed by atoms with E-state index in [1.165, 1.54) is 0 Å². The van der Waals surface area contributed by atoms with Gasteiger partial charge in [-0.1, -0.05) is 24.4 Å². The molecule has 172 valence electrons. The Morgan fingerprint density at radius 3 is 2.23 bits per heavy atom. The first-order valence-electron chi connectivity index (χ1n) is 10.8. The van der Waals surface area contributed by atoms with Crippen molar-refractivity contribution in [3.63, 3.8) is 0 Å². The fraction of sp³-hybridized carbons (Fsp3) is 0.682. The molecule has 31 heavy (non-hydrogen) atoms. The summed E-state index contributed by atoms with van der Waals surface area (Å²) in [4.78, 5) is 12.6. The Morgan fingerprint density at radius 2 is 1.68 bits per heavy atom. The molecule has 3 aliphatic rings. The van der Waals surface area contributed by atoms with Crippen LogP contribution in [-0.2, 0) is 16.0 Å². The van der Waals surface area contributed by atoms with E-state index in [2.05, 4.69) is 5.32 Å². The van der Waals surface area contributed by atoms with Crippen molar-refractivity contribution in [2.24, 2.45) is 23.2 Å². The van der Waals surface area contributed by atoms with Crippen molar-refractivity contribution >= 4 is 27.3 Å². The average Bonchev–Trinajstić information content (AvgIpc) is 3.54. The van der Waals surface area contributed by atoms with E-state index in [9.17, 15) is 26.4 Å². The number of rotatable bonds is 9. The minimum absolute atomic E-state index is 0.0131. The van der Waals surface area contributed by atoms with E-state index in [0.717, 1.165) is 63.1 Å². The summed E-state index contributed by atoms with van der Waals surface area (Å²) in [5, 5.41) is 2.61. The van der Waals surface area contributed by atoms with Crippen LogP contribution in [0.15, 0.2) is 18.2 Å². The Hall–Kier alpha value is -1.28. The Labute approximate surface area is 185 Å². The fourth-order valence-corrected chi connectivity index (χ4v) is 7.32. The van der Waals surface area contributed by atoms with E-state index in [1.54, 1.807) is 0 Å². The number of hydrogen-bond donors (Lipinski definition) is 1. The summed E-state index contributed by atoms with van der Waals surface area (Å²) in [5.74, 6) is 1.09. The SMILES string of the molecule is O=C(NC[C@]1(CC2CC2)C[C@H](CS(=O)(=O)CC2CC2)C1)c1ccc(C(F)(F)F)cc1Cl. The lowest BCUT2D eigenvalue weighted by molar-refractivity contribution is -0.137. The predicted molar refractivity (Wildman–Crippen MR) is 113 cm³/mol. The molecule has 3 aliphatic carbocycles. The summed E-state index contributed by atoms with van der Waals surface area (Å²) in [6.45, 7) is 0.388. The number of benzene rings is 1. The smallest absolute Gasteiger partial charge is 0.351 e. The molecule has 0 atom stereocenters. The van der Waals surface area contributed by atoms with E-state index in [-0.39, 0.29) is 27.7 Å². The topological polar surface area (TPSA) is 63.2 Å². The summed E-state index contributed by atoms with van der Waals surface area (Å²) >= 11 is 5.94. The standard InChI is InChI=1S/C22H27ClF3NO3S/c23-19-7-17(22(24,25)26)5-6-18(19)20(28)27-13-21(8-14-1-2-14)9-16(10-21)12-31(29,30)11-15-3-4-15/h5-7,14-16H,1-4,8-13H2,(H,27,28)/t16-,21+. The third kappa shape index (κ3) is 5.95. The van der Waals surface area contributed by atoms with Crippen molar-refractivity contribution in [2.75, 3.05) is 18.1 Å². The number of alkyl halides is 3. The lowest BCUT2D eigenvalue weighted by Gasteiger charge is -2.48. The van der Waals surface area contributed by atoms with Gasteiger partial charge in [0.05, 0.1) is 27.7 Å². The summed E-state index contributed by atoms with van der Waals surface area (Å²) in [6, 6.07) is 2.72. The van der Waals surface area contributed by atoms with Gasteiger partial charge in [0.1, 0.15) is 0 Å². The molecule has 3 fully saturated rings. The van der Waals surface area contributed by atoms with Crippen molar-refractivity contribution in [1.82, 2.24) is 5.32 Å². The molecule has 1 amide bonds. The largest absolute Gasteiger partial charge is 0.416 e. The second kappa shape index (κ2) is 8.25. The number of hydrogen-bond acceptors (Lipinski definition) is 3. The highest BCUT2D eigenvalue weighted by Gasteiger charge is 2.48. The van der Waals surface area contributed by atoms with Crippen LogP contribution in [0.5, 0.6) is 0 Å². The molecule has 1 N–H and O–H groups in total. The van der Waals surface area contributed by atoms with Crippen LogP contribution in [0.3, 0.4) is 0 Å². The van der Waals surface area contributed by atoms with Gasteiger partial charge in [-0.15, -0.1) is 0 Å². The number of carbonyl (C=O) groups is 1. The molecule has 4 rings (SSSR count). The molecular weight excluding hydrogens is 451 g/mol. The van der Waals surface area contributed by atoms with Gasteiger partial charge >= 0.3 is 6.18 Å². The first-order valence-corrected chi connectivity index (χ1v) is 13.0. The molecule has 0 aromatic heterocycles. The number of nitrogens with one attached hydrogen (secondary N) is 1. The zero-order valence-corrected chi connectivity index (χ0v) is 18.8. The molecule has 9 heteroatoms. The van der Waals surface area contributed by atoms with Gasteiger partial charge in [-0.05, 0) is 73.5 Å². The van der Waals surface area contributed by atoms with Crippen molar-refractivity contribution in [2.45, 2.75) is 51.1 Å². The Kier molecular flexibility index (Phi) is 6.09. The van der Waals surface area contributed by atoms with Crippen molar-refractivity contribution in [1.29, 1.82) is 0 Å². The van der Waals surface area contributed by atoms with Crippen LogP contribution in [-0.4, -0.2) is 32.4 Å². The zero-order chi connectivity index (χ0) is 22.4. The number of carbonyl (C=O) groups excluding carboxylic acids is 1. The molecular formula is C22H27ClF3NO3S. The Morgan fingerprint density at radius 1 is 1.06 bits per heavy atom. The van der Waals surface area contributed by atoms with Gasteiger partial charge in [0.2, 0.25) is 0 Å². The van der Waals surface area contributed by atoms with E-state index in [1.807, 2.05) is 0 Å². The minimum Gasteiger partial charge on any atom is -0.351 e. The van der Waals surface area contributed by atoms with E-state index < -0.39 is 27.5 Å². The first-order chi connectivity index (χ1) is 14.4. The summed E-state index contributed by atoms with van der Waals surface area (Å²) in [7, 11) is -3.03. The summed E-state index contributed by atoms with van der Waals surface area (Å²) in [5.41, 5.74) is -1.01. The maximum Gasteiger partial charge on any atom is 0.416 e. The zero-order valence-electron chi connectivity index (χ0n) is 17.2. The summed E-state index contributed by atoms with van der Waals surface area (Å²) in [6.07, 6.45) is 2.28. The van der Waals surface area contributed by atoms with Gasteiger partial charge in [0.15, 0.2) is 9.84 Å². The molecule has 0 spiro atoms. The van der Waals surface area contributed by atoms with E-state index >= 15 is 0 Å². The third-order valence-electron chi connectivity index (χ3n) is 6.70. The molecule has 0 unspecified atom stereocenters. The molecule has 0 saturated heterocycles. The lowest BCUT2D eigenvalue weighted by atomic mass is 9.60. The summed E-state index contributed by atoms with van der Waals surface area (Å²) < 4.78 is 63.1. The quantitative estimate of drug-likeness (QED) is 0.537. The fourth-order valence-electron chi connectivity index (χ4n) is 4.91.